The minimum absolute atomic E-state index is 0.177. The molecule has 0 fully saturated rings. The molecule has 0 radical (unpaired) electrons. The number of carbonyl (C=O) groups excluding carboxylic acids is 2. The highest BCUT2D eigenvalue weighted by Crippen LogP contribution is 2.26. The topological polar surface area (TPSA) is 96.0 Å². The number of ether oxygens (including phenoxy) is 1. The van der Waals surface area contributed by atoms with E-state index in [-0.39, 0.29) is 12.5 Å². The van der Waals surface area contributed by atoms with Crippen LogP contribution in [0, 0.1) is 0 Å². The van der Waals surface area contributed by atoms with Gasteiger partial charge in [0.25, 0.3) is 0 Å². The average Bonchev–Trinajstić information content (AvgIpc) is 2.88. The summed E-state index contributed by atoms with van der Waals surface area (Å²) >= 11 is 0. The number of amides is 2. The molecule has 37 heavy (non-hydrogen) atoms. The van der Waals surface area contributed by atoms with Crippen molar-refractivity contribution in [3.8, 4) is 11.5 Å². The molecule has 8 nitrogen and oxygen atoms in total. The van der Waals surface area contributed by atoms with Gasteiger partial charge in [-0.1, -0.05) is 55.5 Å². The second kappa shape index (κ2) is 12.9. The van der Waals surface area contributed by atoms with Gasteiger partial charge < -0.3 is 15.0 Å². The number of nitrogens with zero attached hydrogens (tertiary/aromatic N) is 2. The van der Waals surface area contributed by atoms with E-state index in [9.17, 15) is 18.0 Å². The first kappa shape index (κ1) is 27.7. The highest BCUT2D eigenvalue weighted by atomic mass is 32.2. The van der Waals surface area contributed by atoms with E-state index in [1.54, 1.807) is 24.3 Å². The molecular weight excluding hydrogens is 490 g/mol. The number of hydrogen-bond donors (Lipinski definition) is 1. The number of likely N-dealkylation sites (N-methyl/N-ethyl adjacent to an activating group) is 1. The number of anilines is 1. The quantitative estimate of drug-likeness (QED) is 0.384. The second-order valence-corrected chi connectivity index (χ2v) is 10.4. The zero-order valence-electron chi connectivity index (χ0n) is 21.3. The third-order valence-electron chi connectivity index (χ3n) is 5.72. The Kier molecular flexibility index (Phi) is 9.68. The van der Waals surface area contributed by atoms with Gasteiger partial charge in [-0.25, -0.2) is 8.42 Å². The summed E-state index contributed by atoms with van der Waals surface area (Å²) < 4.78 is 32.3. The van der Waals surface area contributed by atoms with Gasteiger partial charge in [0.05, 0.1) is 11.9 Å². The highest BCUT2D eigenvalue weighted by molar-refractivity contribution is 7.92. The fourth-order valence-corrected chi connectivity index (χ4v) is 4.76. The Labute approximate surface area is 218 Å². The minimum atomic E-state index is -3.81. The second-order valence-electron chi connectivity index (χ2n) is 8.50. The van der Waals surface area contributed by atoms with Crippen molar-refractivity contribution >= 4 is 27.5 Å². The number of carbonyl (C=O) groups is 2. The van der Waals surface area contributed by atoms with Crippen molar-refractivity contribution in [1.29, 1.82) is 0 Å². The van der Waals surface area contributed by atoms with E-state index >= 15 is 0 Å². The monoisotopic (exact) mass is 523 g/mol. The fourth-order valence-electron chi connectivity index (χ4n) is 3.91. The van der Waals surface area contributed by atoms with Crippen molar-refractivity contribution in [2.24, 2.45) is 0 Å². The maximum absolute atomic E-state index is 13.6. The van der Waals surface area contributed by atoms with Gasteiger partial charge in [0.15, 0.2) is 0 Å². The van der Waals surface area contributed by atoms with Gasteiger partial charge in [-0.2, -0.15) is 0 Å². The molecule has 1 N–H and O–H groups in total. The first-order valence-corrected chi connectivity index (χ1v) is 14.0. The molecule has 0 aromatic heterocycles. The molecule has 9 heteroatoms. The van der Waals surface area contributed by atoms with Gasteiger partial charge in [-0.05, 0) is 55.3 Å². The van der Waals surface area contributed by atoms with E-state index in [4.69, 9.17) is 4.74 Å². The van der Waals surface area contributed by atoms with Crippen molar-refractivity contribution in [2.75, 3.05) is 23.7 Å². The SMILES string of the molecule is CCNC(=O)[C@@H](CC)N(Cc1ccccc1)C(=O)CN(c1ccc(Oc2ccccc2)cc1)S(C)(=O)=O. The van der Waals surface area contributed by atoms with Crippen LogP contribution in [0.2, 0.25) is 0 Å². The Balaban J connectivity index is 1.87. The molecule has 2 amide bonds. The predicted molar refractivity (Wildman–Crippen MR) is 145 cm³/mol. The van der Waals surface area contributed by atoms with Crippen LogP contribution in [-0.2, 0) is 26.2 Å². The summed E-state index contributed by atoms with van der Waals surface area (Å²) in [7, 11) is -3.81. The third-order valence-corrected chi connectivity index (χ3v) is 6.86. The molecule has 3 rings (SSSR count). The van der Waals surface area contributed by atoms with Crippen LogP contribution in [0.15, 0.2) is 84.9 Å². The molecule has 1 atom stereocenters. The zero-order valence-corrected chi connectivity index (χ0v) is 22.1. The number of benzene rings is 3. The van der Waals surface area contributed by atoms with E-state index in [0.717, 1.165) is 16.1 Å². The predicted octanol–water partition coefficient (Wildman–Crippen LogP) is 4.19. The van der Waals surface area contributed by atoms with Crippen molar-refractivity contribution in [2.45, 2.75) is 32.9 Å². The van der Waals surface area contributed by atoms with Crippen LogP contribution in [0.3, 0.4) is 0 Å². The molecule has 3 aromatic rings. The molecule has 0 saturated carbocycles. The maximum Gasteiger partial charge on any atom is 0.244 e. The summed E-state index contributed by atoms with van der Waals surface area (Å²) in [6, 6.07) is 24.3. The molecule has 0 aliphatic rings. The van der Waals surface area contributed by atoms with Gasteiger partial charge in [-0.15, -0.1) is 0 Å². The molecule has 0 aliphatic carbocycles. The summed E-state index contributed by atoms with van der Waals surface area (Å²) in [6.45, 7) is 3.79. The fraction of sp³-hybridized carbons (Fsp3) is 0.286. The lowest BCUT2D eigenvalue weighted by molar-refractivity contribution is -0.140. The molecule has 0 unspecified atom stereocenters. The lowest BCUT2D eigenvalue weighted by atomic mass is 10.1. The Morgan fingerprint density at radius 1 is 0.865 bits per heavy atom. The smallest absolute Gasteiger partial charge is 0.244 e. The molecular formula is C28H33N3O5S. The summed E-state index contributed by atoms with van der Waals surface area (Å²) in [5.41, 5.74) is 1.16. The largest absolute Gasteiger partial charge is 0.457 e. The number of hydrogen-bond acceptors (Lipinski definition) is 5. The number of para-hydroxylation sites is 1. The Bertz CT molecular complexity index is 1270. The third kappa shape index (κ3) is 7.82. The number of rotatable bonds is 12. The zero-order chi connectivity index (χ0) is 26.8. The van der Waals surface area contributed by atoms with Crippen LogP contribution in [0.5, 0.6) is 11.5 Å². The number of sulfonamides is 1. The Morgan fingerprint density at radius 2 is 1.43 bits per heavy atom. The van der Waals surface area contributed by atoms with Gasteiger partial charge >= 0.3 is 0 Å². The lowest BCUT2D eigenvalue weighted by Crippen LogP contribution is -2.52. The van der Waals surface area contributed by atoms with Gasteiger partial charge in [0.2, 0.25) is 21.8 Å². The Morgan fingerprint density at radius 3 is 1.97 bits per heavy atom. The van der Waals surface area contributed by atoms with E-state index in [0.29, 0.717) is 30.2 Å². The molecule has 3 aromatic carbocycles. The summed E-state index contributed by atoms with van der Waals surface area (Å²) in [6.07, 6.45) is 1.44. The first-order valence-electron chi connectivity index (χ1n) is 12.1. The van der Waals surface area contributed by atoms with Crippen LogP contribution < -0.4 is 14.4 Å². The number of nitrogens with one attached hydrogen (secondary N) is 1. The van der Waals surface area contributed by atoms with Crippen molar-refractivity contribution in [3.63, 3.8) is 0 Å². The van der Waals surface area contributed by atoms with Crippen LogP contribution in [0.4, 0.5) is 5.69 Å². The van der Waals surface area contributed by atoms with Crippen molar-refractivity contribution in [1.82, 2.24) is 10.2 Å². The van der Waals surface area contributed by atoms with Crippen molar-refractivity contribution < 1.29 is 22.7 Å². The molecule has 0 saturated heterocycles. The van der Waals surface area contributed by atoms with Crippen LogP contribution in [0.1, 0.15) is 25.8 Å². The van der Waals surface area contributed by atoms with Crippen molar-refractivity contribution in [3.05, 3.63) is 90.5 Å². The molecule has 0 spiro atoms. The summed E-state index contributed by atoms with van der Waals surface area (Å²) in [4.78, 5) is 27.9. The molecule has 0 heterocycles. The van der Waals surface area contributed by atoms with Crippen LogP contribution >= 0.6 is 0 Å². The summed E-state index contributed by atoms with van der Waals surface area (Å²) in [5.74, 6) is 0.431. The van der Waals surface area contributed by atoms with E-state index in [1.807, 2.05) is 74.5 Å². The molecule has 0 aliphatic heterocycles. The van der Waals surface area contributed by atoms with Gasteiger partial charge in [-0.3, -0.25) is 13.9 Å². The minimum Gasteiger partial charge on any atom is -0.457 e. The highest BCUT2D eigenvalue weighted by Gasteiger charge is 2.31. The Hall–Kier alpha value is -3.85. The van der Waals surface area contributed by atoms with Gasteiger partial charge in [0, 0.05) is 13.1 Å². The van der Waals surface area contributed by atoms with Crippen LogP contribution in [-0.4, -0.2) is 50.5 Å². The first-order chi connectivity index (χ1) is 17.7. The maximum atomic E-state index is 13.6. The van der Waals surface area contributed by atoms with Crippen LogP contribution in [0.25, 0.3) is 0 Å². The van der Waals surface area contributed by atoms with E-state index < -0.39 is 28.5 Å². The molecule has 0 bridgehead atoms. The average molecular weight is 524 g/mol. The summed E-state index contributed by atoms with van der Waals surface area (Å²) in [5, 5.41) is 2.78. The standard InChI is InChI=1S/C28H33N3O5S/c1-4-26(28(33)29-5-2)30(20-22-12-8-6-9-13-22)27(32)21-31(37(3,34)35)23-16-18-25(19-17-23)36-24-14-10-7-11-15-24/h6-19,26H,4-5,20-21H2,1-3H3,(H,29,33)/t26-/m1/s1. The lowest BCUT2D eigenvalue weighted by Gasteiger charge is -2.32. The van der Waals surface area contributed by atoms with Gasteiger partial charge in [0.1, 0.15) is 24.1 Å². The molecule has 196 valence electrons. The normalized spacial score (nSPS) is 11.9. The van der Waals surface area contributed by atoms with E-state index in [1.165, 1.54) is 4.90 Å². The van der Waals surface area contributed by atoms with E-state index in [2.05, 4.69) is 5.32 Å².